The first kappa shape index (κ1) is 13.7. The molecule has 0 fully saturated rings. The number of hydrogen-bond donors (Lipinski definition) is 0. The third kappa shape index (κ3) is 2.77. The molecule has 21 heavy (non-hydrogen) atoms. The van der Waals surface area contributed by atoms with Gasteiger partial charge in [-0.15, -0.1) is 0 Å². The van der Waals surface area contributed by atoms with Gasteiger partial charge < -0.3 is 9.30 Å². The summed E-state index contributed by atoms with van der Waals surface area (Å²) in [6.45, 7) is 3.31. The average molecular weight is 283 g/mol. The third-order valence-corrected chi connectivity index (χ3v) is 3.53. The Hall–Kier alpha value is -2.29. The molecule has 0 bridgehead atoms. The second-order valence-electron chi connectivity index (χ2n) is 5.07. The Morgan fingerprint density at radius 1 is 1.05 bits per heavy atom. The van der Waals surface area contributed by atoms with Gasteiger partial charge in [0.2, 0.25) is 0 Å². The van der Waals surface area contributed by atoms with E-state index in [0.29, 0.717) is 18.7 Å². The van der Waals surface area contributed by atoms with Crippen LogP contribution in [-0.2, 0) is 6.54 Å². The van der Waals surface area contributed by atoms with Crippen molar-refractivity contribution >= 4 is 10.9 Å². The van der Waals surface area contributed by atoms with Gasteiger partial charge in [0.05, 0.1) is 18.7 Å². The maximum Gasteiger partial charge on any atom is 0.128 e. The van der Waals surface area contributed by atoms with Gasteiger partial charge in [0.15, 0.2) is 0 Å². The van der Waals surface area contributed by atoms with Gasteiger partial charge in [-0.25, -0.2) is 4.39 Å². The molecule has 0 amide bonds. The van der Waals surface area contributed by atoms with Crippen LogP contribution < -0.4 is 4.74 Å². The fraction of sp³-hybridized carbons (Fsp3) is 0.222. The summed E-state index contributed by atoms with van der Waals surface area (Å²) in [7, 11) is 0. The molecule has 0 unspecified atom stereocenters. The van der Waals surface area contributed by atoms with E-state index in [1.165, 1.54) is 6.07 Å². The molecule has 0 aliphatic heterocycles. The standard InChI is InChI=1S/C18H18FNO/c1-2-12-21-18-9-5-8-17-15(18)10-11-20(17)13-14-6-3-4-7-16(14)19/h3-11H,2,12-13H2,1H3. The van der Waals surface area contributed by atoms with Gasteiger partial charge in [-0.2, -0.15) is 0 Å². The highest BCUT2D eigenvalue weighted by molar-refractivity contribution is 5.86. The summed E-state index contributed by atoms with van der Waals surface area (Å²) in [5.41, 5.74) is 1.75. The summed E-state index contributed by atoms with van der Waals surface area (Å²) < 4.78 is 21.6. The minimum Gasteiger partial charge on any atom is -0.493 e. The summed E-state index contributed by atoms with van der Waals surface area (Å²) in [5, 5.41) is 1.07. The molecular formula is C18H18FNO. The van der Waals surface area contributed by atoms with E-state index in [2.05, 4.69) is 6.92 Å². The van der Waals surface area contributed by atoms with Gasteiger partial charge in [-0.05, 0) is 30.7 Å². The van der Waals surface area contributed by atoms with Crippen LogP contribution in [0.4, 0.5) is 4.39 Å². The maximum absolute atomic E-state index is 13.8. The SMILES string of the molecule is CCCOc1cccc2c1ccn2Cc1ccccc1F. The lowest BCUT2D eigenvalue weighted by Crippen LogP contribution is -2.00. The second kappa shape index (κ2) is 6.00. The molecule has 108 valence electrons. The van der Waals surface area contributed by atoms with Crippen LogP contribution >= 0.6 is 0 Å². The largest absolute Gasteiger partial charge is 0.493 e. The van der Waals surface area contributed by atoms with Crippen molar-refractivity contribution in [2.75, 3.05) is 6.61 Å². The Morgan fingerprint density at radius 2 is 1.90 bits per heavy atom. The van der Waals surface area contributed by atoms with E-state index in [1.807, 2.05) is 47.2 Å². The minimum absolute atomic E-state index is 0.169. The van der Waals surface area contributed by atoms with Crippen LogP contribution in [-0.4, -0.2) is 11.2 Å². The van der Waals surface area contributed by atoms with Gasteiger partial charge in [0.25, 0.3) is 0 Å². The molecule has 0 aliphatic rings. The number of rotatable bonds is 5. The molecule has 2 nitrogen and oxygen atoms in total. The van der Waals surface area contributed by atoms with Crippen molar-refractivity contribution in [2.24, 2.45) is 0 Å². The van der Waals surface area contributed by atoms with E-state index in [0.717, 1.165) is 23.1 Å². The first-order chi connectivity index (χ1) is 10.3. The predicted octanol–water partition coefficient (Wildman–Crippen LogP) is 4.62. The van der Waals surface area contributed by atoms with Crippen LogP contribution in [0.25, 0.3) is 10.9 Å². The molecule has 2 aromatic carbocycles. The summed E-state index contributed by atoms with van der Waals surface area (Å²) in [6, 6.07) is 14.9. The Bertz CT molecular complexity index is 748. The van der Waals surface area contributed by atoms with Crippen molar-refractivity contribution in [3.8, 4) is 5.75 Å². The van der Waals surface area contributed by atoms with E-state index in [-0.39, 0.29) is 5.82 Å². The number of fused-ring (bicyclic) bond motifs is 1. The third-order valence-electron chi connectivity index (χ3n) is 3.53. The van der Waals surface area contributed by atoms with Crippen molar-refractivity contribution in [2.45, 2.75) is 19.9 Å². The number of nitrogens with zero attached hydrogens (tertiary/aromatic N) is 1. The quantitative estimate of drug-likeness (QED) is 0.666. The highest BCUT2D eigenvalue weighted by Crippen LogP contribution is 2.27. The normalized spacial score (nSPS) is 11.0. The van der Waals surface area contributed by atoms with E-state index in [1.54, 1.807) is 6.07 Å². The fourth-order valence-corrected chi connectivity index (χ4v) is 2.48. The van der Waals surface area contributed by atoms with Crippen LogP contribution in [0.3, 0.4) is 0 Å². The van der Waals surface area contributed by atoms with Gasteiger partial charge in [0.1, 0.15) is 11.6 Å². The zero-order valence-electron chi connectivity index (χ0n) is 12.1. The molecule has 3 rings (SSSR count). The van der Waals surface area contributed by atoms with E-state index in [9.17, 15) is 4.39 Å². The van der Waals surface area contributed by atoms with Crippen LogP contribution in [0.1, 0.15) is 18.9 Å². The highest BCUT2D eigenvalue weighted by Gasteiger charge is 2.08. The lowest BCUT2D eigenvalue weighted by molar-refractivity contribution is 0.321. The highest BCUT2D eigenvalue weighted by atomic mass is 19.1. The molecule has 1 heterocycles. The Kier molecular flexibility index (Phi) is 3.91. The minimum atomic E-state index is -0.169. The Balaban J connectivity index is 1.95. The fourth-order valence-electron chi connectivity index (χ4n) is 2.48. The van der Waals surface area contributed by atoms with Crippen LogP contribution in [0.2, 0.25) is 0 Å². The number of ether oxygens (including phenoxy) is 1. The molecule has 0 spiro atoms. The molecular weight excluding hydrogens is 265 g/mol. The molecule has 0 radical (unpaired) electrons. The number of benzene rings is 2. The van der Waals surface area contributed by atoms with Crippen molar-refractivity contribution in [1.29, 1.82) is 0 Å². The Morgan fingerprint density at radius 3 is 2.71 bits per heavy atom. The zero-order chi connectivity index (χ0) is 14.7. The molecule has 0 saturated carbocycles. The van der Waals surface area contributed by atoms with Gasteiger partial charge in [0, 0.05) is 17.1 Å². The van der Waals surface area contributed by atoms with Crippen molar-refractivity contribution in [3.05, 3.63) is 66.1 Å². The maximum atomic E-state index is 13.8. The first-order valence-electron chi connectivity index (χ1n) is 7.23. The monoisotopic (exact) mass is 283 g/mol. The van der Waals surface area contributed by atoms with Gasteiger partial charge in [-0.1, -0.05) is 31.2 Å². The molecule has 0 saturated heterocycles. The molecule has 1 aromatic heterocycles. The van der Waals surface area contributed by atoms with Crippen LogP contribution in [0.5, 0.6) is 5.75 Å². The van der Waals surface area contributed by atoms with Crippen molar-refractivity contribution in [1.82, 2.24) is 4.57 Å². The predicted molar refractivity (Wildman–Crippen MR) is 83.2 cm³/mol. The van der Waals surface area contributed by atoms with E-state index < -0.39 is 0 Å². The summed E-state index contributed by atoms with van der Waals surface area (Å²) in [5.74, 6) is 0.722. The van der Waals surface area contributed by atoms with Gasteiger partial charge >= 0.3 is 0 Å². The first-order valence-corrected chi connectivity index (χ1v) is 7.23. The molecule has 0 N–H and O–H groups in total. The number of hydrogen-bond acceptors (Lipinski definition) is 1. The summed E-state index contributed by atoms with van der Waals surface area (Å²) in [4.78, 5) is 0. The van der Waals surface area contributed by atoms with E-state index in [4.69, 9.17) is 4.74 Å². The van der Waals surface area contributed by atoms with Crippen LogP contribution in [0.15, 0.2) is 54.7 Å². The smallest absolute Gasteiger partial charge is 0.128 e. The van der Waals surface area contributed by atoms with E-state index >= 15 is 0 Å². The van der Waals surface area contributed by atoms with Crippen LogP contribution in [0, 0.1) is 5.82 Å². The second-order valence-corrected chi connectivity index (χ2v) is 5.07. The van der Waals surface area contributed by atoms with Gasteiger partial charge in [-0.3, -0.25) is 0 Å². The summed E-state index contributed by atoms with van der Waals surface area (Å²) >= 11 is 0. The average Bonchev–Trinajstić information content (AvgIpc) is 2.91. The van der Waals surface area contributed by atoms with Crippen molar-refractivity contribution in [3.63, 3.8) is 0 Å². The molecule has 3 aromatic rings. The topological polar surface area (TPSA) is 14.2 Å². The number of aromatic nitrogens is 1. The molecule has 3 heteroatoms. The lowest BCUT2D eigenvalue weighted by atomic mass is 10.2. The lowest BCUT2D eigenvalue weighted by Gasteiger charge is -2.09. The van der Waals surface area contributed by atoms with Crippen molar-refractivity contribution < 1.29 is 9.13 Å². The molecule has 0 atom stereocenters. The molecule has 0 aliphatic carbocycles. The summed E-state index contributed by atoms with van der Waals surface area (Å²) in [6.07, 6.45) is 2.96. The zero-order valence-corrected chi connectivity index (χ0v) is 12.1. The number of halogens is 1. The Labute approximate surface area is 123 Å².